The Morgan fingerprint density at radius 2 is 1.70 bits per heavy atom. The minimum Gasteiger partial charge on any atom is -0.465 e. The van der Waals surface area contributed by atoms with Gasteiger partial charge in [0.15, 0.2) is 0 Å². The number of rotatable bonds is 10. The van der Waals surface area contributed by atoms with Gasteiger partial charge in [0.2, 0.25) is 0 Å². The zero-order valence-corrected chi connectivity index (χ0v) is 13.2. The molecule has 0 aromatic carbocycles. The van der Waals surface area contributed by atoms with Crippen molar-refractivity contribution in [3.63, 3.8) is 0 Å². The lowest BCUT2D eigenvalue weighted by Gasteiger charge is -2.10. The standard InChI is InChI=1S/C16H28O4/c1-5-7-14(4)12-20-16(18)9-6-8-15(17)19-11-10-13(2)3/h10,14H,5-9,11-12H2,1-4H3. The molecule has 0 saturated carbocycles. The molecular weight excluding hydrogens is 256 g/mol. The fourth-order valence-electron chi connectivity index (χ4n) is 1.63. The molecule has 4 nitrogen and oxygen atoms in total. The maximum absolute atomic E-state index is 11.5. The van der Waals surface area contributed by atoms with E-state index in [1.807, 2.05) is 19.9 Å². The second-order valence-corrected chi connectivity index (χ2v) is 5.39. The molecular formula is C16H28O4. The summed E-state index contributed by atoms with van der Waals surface area (Å²) in [6.45, 7) is 8.85. The normalized spacial score (nSPS) is 11.6. The van der Waals surface area contributed by atoms with Gasteiger partial charge in [-0.3, -0.25) is 9.59 Å². The molecule has 0 aliphatic carbocycles. The highest BCUT2D eigenvalue weighted by molar-refractivity contribution is 5.72. The van der Waals surface area contributed by atoms with E-state index in [1.165, 1.54) is 0 Å². The first-order valence-electron chi connectivity index (χ1n) is 7.40. The molecule has 0 saturated heterocycles. The van der Waals surface area contributed by atoms with Crippen LogP contribution in [0.5, 0.6) is 0 Å². The van der Waals surface area contributed by atoms with Crippen LogP contribution in [0, 0.1) is 5.92 Å². The minimum atomic E-state index is -0.269. The van der Waals surface area contributed by atoms with Crippen molar-refractivity contribution in [3.05, 3.63) is 11.6 Å². The molecule has 0 radical (unpaired) electrons. The Hall–Kier alpha value is -1.32. The second-order valence-electron chi connectivity index (χ2n) is 5.39. The van der Waals surface area contributed by atoms with Crippen molar-refractivity contribution in [2.45, 2.75) is 59.8 Å². The summed E-state index contributed by atoms with van der Waals surface area (Å²) in [5.74, 6) is -0.0994. The first-order valence-corrected chi connectivity index (χ1v) is 7.40. The van der Waals surface area contributed by atoms with Crippen LogP contribution in [0.1, 0.15) is 59.8 Å². The summed E-state index contributed by atoms with van der Waals surface area (Å²) < 4.78 is 10.1. The molecule has 0 aromatic heterocycles. The Morgan fingerprint density at radius 1 is 1.10 bits per heavy atom. The molecule has 0 amide bonds. The lowest BCUT2D eigenvalue weighted by atomic mass is 10.1. The lowest BCUT2D eigenvalue weighted by molar-refractivity contribution is -0.145. The van der Waals surface area contributed by atoms with Gasteiger partial charge in [-0.25, -0.2) is 0 Å². The highest BCUT2D eigenvalue weighted by atomic mass is 16.5. The average molecular weight is 284 g/mol. The number of esters is 2. The molecule has 116 valence electrons. The van der Waals surface area contributed by atoms with Crippen LogP contribution in [0.4, 0.5) is 0 Å². The second kappa shape index (κ2) is 11.5. The molecule has 0 aliphatic heterocycles. The summed E-state index contributed by atoms with van der Waals surface area (Å²) in [5, 5.41) is 0. The molecule has 0 fully saturated rings. The van der Waals surface area contributed by atoms with Crippen molar-refractivity contribution in [1.82, 2.24) is 0 Å². The predicted octanol–water partition coefficient (Wildman–Crippen LogP) is 3.65. The first kappa shape index (κ1) is 18.7. The number of carbonyl (C=O) groups excluding carboxylic acids is 2. The third-order valence-electron chi connectivity index (χ3n) is 2.81. The first-order chi connectivity index (χ1) is 9.45. The van der Waals surface area contributed by atoms with Crippen LogP contribution in [0.3, 0.4) is 0 Å². The van der Waals surface area contributed by atoms with E-state index in [1.54, 1.807) is 0 Å². The Kier molecular flexibility index (Phi) is 10.7. The third kappa shape index (κ3) is 11.8. The maximum atomic E-state index is 11.5. The lowest BCUT2D eigenvalue weighted by Crippen LogP contribution is -2.12. The number of allylic oxidation sites excluding steroid dienone is 1. The topological polar surface area (TPSA) is 52.6 Å². The van der Waals surface area contributed by atoms with Crippen LogP contribution in [-0.2, 0) is 19.1 Å². The summed E-state index contributed by atoms with van der Waals surface area (Å²) in [7, 11) is 0. The molecule has 20 heavy (non-hydrogen) atoms. The molecule has 0 spiro atoms. The average Bonchev–Trinajstić information content (AvgIpc) is 2.36. The van der Waals surface area contributed by atoms with Gasteiger partial charge >= 0.3 is 11.9 Å². The number of hydrogen-bond donors (Lipinski definition) is 0. The van der Waals surface area contributed by atoms with E-state index in [-0.39, 0.29) is 24.8 Å². The largest absolute Gasteiger partial charge is 0.465 e. The van der Waals surface area contributed by atoms with Crippen LogP contribution in [-0.4, -0.2) is 25.2 Å². The van der Waals surface area contributed by atoms with Crippen molar-refractivity contribution in [2.24, 2.45) is 5.92 Å². The quantitative estimate of drug-likeness (QED) is 0.454. The van der Waals surface area contributed by atoms with Crippen molar-refractivity contribution >= 4 is 11.9 Å². The monoisotopic (exact) mass is 284 g/mol. The van der Waals surface area contributed by atoms with Gasteiger partial charge in [-0.15, -0.1) is 0 Å². The fraction of sp³-hybridized carbons (Fsp3) is 0.750. The van der Waals surface area contributed by atoms with Gasteiger partial charge in [-0.2, -0.15) is 0 Å². The van der Waals surface area contributed by atoms with Crippen molar-refractivity contribution in [1.29, 1.82) is 0 Å². The Balaban J connectivity index is 3.60. The highest BCUT2D eigenvalue weighted by Gasteiger charge is 2.09. The van der Waals surface area contributed by atoms with Gasteiger partial charge < -0.3 is 9.47 Å². The number of hydrogen-bond acceptors (Lipinski definition) is 4. The van der Waals surface area contributed by atoms with E-state index in [0.29, 0.717) is 25.6 Å². The van der Waals surface area contributed by atoms with Crippen molar-refractivity contribution in [3.8, 4) is 0 Å². The summed E-state index contributed by atoms with van der Waals surface area (Å²) >= 11 is 0. The van der Waals surface area contributed by atoms with Crippen LogP contribution in [0.15, 0.2) is 11.6 Å². The van der Waals surface area contributed by atoms with Crippen LogP contribution < -0.4 is 0 Å². The van der Waals surface area contributed by atoms with E-state index in [0.717, 1.165) is 18.4 Å². The van der Waals surface area contributed by atoms with Gasteiger partial charge in [0.05, 0.1) is 6.61 Å². The Labute approximate surface area is 122 Å². The molecule has 0 aromatic rings. The van der Waals surface area contributed by atoms with E-state index in [9.17, 15) is 9.59 Å². The van der Waals surface area contributed by atoms with Gasteiger partial charge in [-0.1, -0.05) is 25.8 Å². The Morgan fingerprint density at radius 3 is 2.25 bits per heavy atom. The minimum absolute atomic E-state index is 0.231. The van der Waals surface area contributed by atoms with E-state index >= 15 is 0 Å². The summed E-state index contributed by atoms with van der Waals surface area (Å²) in [6.07, 6.45) is 5.02. The molecule has 1 atom stereocenters. The fourth-order valence-corrected chi connectivity index (χ4v) is 1.63. The number of ether oxygens (including phenoxy) is 2. The highest BCUT2D eigenvalue weighted by Crippen LogP contribution is 2.07. The van der Waals surface area contributed by atoms with Gasteiger partial charge in [-0.05, 0) is 38.7 Å². The van der Waals surface area contributed by atoms with Crippen LogP contribution in [0.2, 0.25) is 0 Å². The van der Waals surface area contributed by atoms with E-state index in [2.05, 4.69) is 13.8 Å². The predicted molar refractivity (Wildman–Crippen MR) is 79.3 cm³/mol. The van der Waals surface area contributed by atoms with Gasteiger partial charge in [0.25, 0.3) is 0 Å². The SMILES string of the molecule is CCCC(C)COC(=O)CCCC(=O)OCC=C(C)C. The van der Waals surface area contributed by atoms with E-state index < -0.39 is 0 Å². The van der Waals surface area contributed by atoms with E-state index in [4.69, 9.17) is 9.47 Å². The number of carbonyl (C=O) groups is 2. The molecule has 0 N–H and O–H groups in total. The molecule has 0 heterocycles. The third-order valence-corrected chi connectivity index (χ3v) is 2.81. The zero-order chi connectivity index (χ0) is 15.4. The molecule has 1 unspecified atom stereocenters. The zero-order valence-electron chi connectivity index (χ0n) is 13.2. The summed E-state index contributed by atoms with van der Waals surface area (Å²) in [5.41, 5.74) is 1.11. The smallest absolute Gasteiger partial charge is 0.306 e. The molecule has 0 aliphatic rings. The van der Waals surface area contributed by atoms with Gasteiger partial charge in [0.1, 0.15) is 6.61 Å². The van der Waals surface area contributed by atoms with Crippen molar-refractivity contribution < 1.29 is 19.1 Å². The summed E-state index contributed by atoms with van der Waals surface area (Å²) in [4.78, 5) is 22.8. The Bertz CT molecular complexity index is 316. The van der Waals surface area contributed by atoms with Crippen LogP contribution >= 0.6 is 0 Å². The molecule has 0 rings (SSSR count). The molecule has 4 heteroatoms. The van der Waals surface area contributed by atoms with Gasteiger partial charge in [0, 0.05) is 12.8 Å². The van der Waals surface area contributed by atoms with Crippen molar-refractivity contribution in [2.75, 3.05) is 13.2 Å². The maximum Gasteiger partial charge on any atom is 0.306 e. The summed E-state index contributed by atoms with van der Waals surface area (Å²) in [6, 6.07) is 0. The molecule has 0 bridgehead atoms. The van der Waals surface area contributed by atoms with Crippen LogP contribution in [0.25, 0.3) is 0 Å².